The van der Waals surface area contributed by atoms with Crippen LogP contribution < -0.4 is 10.2 Å². The molecule has 101 valence electrons. The molecular weight excluding hydrogens is 317 g/mol. The number of rotatable bonds is 6. The highest BCUT2D eigenvalue weighted by molar-refractivity contribution is 9.09. The molecule has 0 amide bonds. The Morgan fingerprint density at radius 2 is 2.37 bits per heavy atom. The fourth-order valence-corrected chi connectivity index (χ4v) is 2.14. The first-order chi connectivity index (χ1) is 9.13. The molecule has 1 aliphatic heterocycles. The van der Waals surface area contributed by atoms with Gasteiger partial charge in [-0.1, -0.05) is 15.9 Å². The zero-order chi connectivity index (χ0) is 13.8. The number of benzene rings is 1. The Balaban J connectivity index is 2.21. The van der Waals surface area contributed by atoms with E-state index in [4.69, 9.17) is 9.39 Å². The van der Waals surface area contributed by atoms with Gasteiger partial charge in [-0.25, -0.2) is 0 Å². The zero-order valence-corrected chi connectivity index (χ0v) is 11.6. The minimum Gasteiger partial charge on any atom is -0.508 e. The molecule has 0 bridgehead atoms. The Kier molecular flexibility index (Phi) is 4.65. The number of alkyl halides is 1. The molecule has 1 aromatic carbocycles. The van der Waals surface area contributed by atoms with Crippen LogP contribution >= 0.6 is 15.9 Å². The SMILES string of the molecule is O=[N+]([O-])CC1O[B]c2c(OCCCBr)ccc(O)c21. The number of aromatic hydroxyl groups is 1. The van der Waals surface area contributed by atoms with Crippen LogP contribution in [0.3, 0.4) is 0 Å². The Bertz CT molecular complexity index is 484. The largest absolute Gasteiger partial charge is 0.508 e. The van der Waals surface area contributed by atoms with Crippen LogP contribution in [0.1, 0.15) is 18.1 Å². The van der Waals surface area contributed by atoms with E-state index < -0.39 is 11.0 Å². The molecule has 1 atom stereocenters. The van der Waals surface area contributed by atoms with E-state index in [1.165, 1.54) is 13.5 Å². The van der Waals surface area contributed by atoms with E-state index in [0.29, 0.717) is 23.4 Å². The smallest absolute Gasteiger partial charge is 0.335 e. The van der Waals surface area contributed by atoms with Gasteiger partial charge in [-0.15, -0.1) is 0 Å². The maximum Gasteiger partial charge on any atom is 0.335 e. The van der Waals surface area contributed by atoms with Crippen molar-refractivity contribution in [3.63, 3.8) is 0 Å². The minimum atomic E-state index is -0.760. The molecule has 2 rings (SSSR count). The van der Waals surface area contributed by atoms with Crippen LogP contribution in [0.15, 0.2) is 12.1 Å². The lowest BCUT2D eigenvalue weighted by Gasteiger charge is -2.12. The summed E-state index contributed by atoms with van der Waals surface area (Å²) in [6, 6.07) is 3.11. The van der Waals surface area contributed by atoms with Crippen LogP contribution in [0.5, 0.6) is 11.5 Å². The molecule has 0 fully saturated rings. The van der Waals surface area contributed by atoms with Crippen LogP contribution in [0.2, 0.25) is 0 Å². The molecule has 1 radical (unpaired) electrons. The summed E-state index contributed by atoms with van der Waals surface area (Å²) in [6.45, 7) is 0.137. The Hall–Kier alpha value is -1.28. The van der Waals surface area contributed by atoms with Gasteiger partial charge < -0.3 is 14.5 Å². The minimum absolute atomic E-state index is 0.0107. The Labute approximate surface area is 119 Å². The predicted molar refractivity (Wildman–Crippen MR) is 73.1 cm³/mol. The zero-order valence-electron chi connectivity index (χ0n) is 10.0. The van der Waals surface area contributed by atoms with E-state index in [1.807, 2.05) is 0 Å². The fourth-order valence-electron chi connectivity index (χ4n) is 1.92. The summed E-state index contributed by atoms with van der Waals surface area (Å²) in [7, 11) is 1.41. The molecule has 0 spiro atoms. The second kappa shape index (κ2) is 6.25. The predicted octanol–water partition coefficient (Wildman–Crippen LogP) is 1.15. The van der Waals surface area contributed by atoms with E-state index in [2.05, 4.69) is 15.9 Å². The van der Waals surface area contributed by atoms with Gasteiger partial charge in [-0.2, -0.15) is 0 Å². The number of nitrogens with zero attached hydrogens (tertiary/aromatic N) is 1. The highest BCUT2D eigenvalue weighted by Gasteiger charge is 2.33. The topological polar surface area (TPSA) is 81.8 Å². The Morgan fingerprint density at radius 1 is 1.58 bits per heavy atom. The van der Waals surface area contributed by atoms with Crippen molar-refractivity contribution in [2.45, 2.75) is 12.5 Å². The molecule has 1 aliphatic rings. The number of hydrogen-bond acceptors (Lipinski definition) is 5. The second-order valence-electron chi connectivity index (χ2n) is 4.06. The number of ether oxygens (including phenoxy) is 1. The van der Waals surface area contributed by atoms with Gasteiger partial charge in [0.2, 0.25) is 6.54 Å². The van der Waals surface area contributed by atoms with E-state index >= 15 is 0 Å². The summed E-state index contributed by atoms with van der Waals surface area (Å²) < 4.78 is 10.8. The van der Waals surface area contributed by atoms with Crippen molar-refractivity contribution >= 4 is 28.9 Å². The first kappa shape index (κ1) is 14.1. The molecule has 1 N–H and O–H groups in total. The van der Waals surface area contributed by atoms with Gasteiger partial charge in [0.05, 0.1) is 6.61 Å². The average Bonchev–Trinajstić information content (AvgIpc) is 2.76. The van der Waals surface area contributed by atoms with Gasteiger partial charge >= 0.3 is 7.48 Å². The van der Waals surface area contributed by atoms with Crippen molar-refractivity contribution in [1.29, 1.82) is 0 Å². The summed E-state index contributed by atoms with van der Waals surface area (Å²) in [5.41, 5.74) is 1.01. The summed E-state index contributed by atoms with van der Waals surface area (Å²) in [5.74, 6) is 0.558. The van der Waals surface area contributed by atoms with Gasteiger partial charge in [-0.05, 0) is 24.0 Å². The van der Waals surface area contributed by atoms with Crippen molar-refractivity contribution in [2.24, 2.45) is 0 Å². The number of phenolic OH excluding ortho intramolecular Hbond substituents is 1. The molecule has 8 heteroatoms. The molecule has 6 nitrogen and oxygen atoms in total. The van der Waals surface area contributed by atoms with Crippen LogP contribution in [-0.2, 0) is 4.65 Å². The normalized spacial score (nSPS) is 16.8. The number of hydrogen-bond donors (Lipinski definition) is 1. The monoisotopic (exact) mass is 328 g/mol. The van der Waals surface area contributed by atoms with Gasteiger partial charge in [0.25, 0.3) is 0 Å². The van der Waals surface area contributed by atoms with E-state index in [1.54, 1.807) is 6.07 Å². The van der Waals surface area contributed by atoms with Crippen molar-refractivity contribution in [1.82, 2.24) is 0 Å². The number of halogens is 1. The van der Waals surface area contributed by atoms with Gasteiger partial charge in [0, 0.05) is 15.8 Å². The fraction of sp³-hybridized carbons (Fsp3) is 0.455. The molecule has 0 saturated carbocycles. The van der Waals surface area contributed by atoms with Crippen molar-refractivity contribution < 1.29 is 19.4 Å². The molecular formula is C11H12BBrNO5. The van der Waals surface area contributed by atoms with Crippen LogP contribution in [0.25, 0.3) is 0 Å². The first-order valence-corrected chi connectivity index (χ1v) is 6.90. The lowest BCUT2D eigenvalue weighted by Crippen LogP contribution is -2.17. The highest BCUT2D eigenvalue weighted by atomic mass is 79.9. The van der Waals surface area contributed by atoms with E-state index in [0.717, 1.165) is 11.8 Å². The van der Waals surface area contributed by atoms with Crippen molar-refractivity contribution in [2.75, 3.05) is 18.5 Å². The third-order valence-electron chi connectivity index (χ3n) is 2.75. The van der Waals surface area contributed by atoms with E-state index in [-0.39, 0.29) is 12.3 Å². The quantitative estimate of drug-likeness (QED) is 0.278. The van der Waals surface area contributed by atoms with Crippen molar-refractivity contribution in [3.8, 4) is 11.5 Å². The number of nitro groups is 1. The number of fused-ring (bicyclic) bond motifs is 1. The first-order valence-electron chi connectivity index (χ1n) is 5.78. The lowest BCUT2D eigenvalue weighted by atomic mass is 9.85. The molecule has 19 heavy (non-hydrogen) atoms. The maximum absolute atomic E-state index is 10.6. The molecule has 0 saturated heterocycles. The van der Waals surface area contributed by atoms with Gasteiger partial charge in [0.1, 0.15) is 17.6 Å². The van der Waals surface area contributed by atoms with E-state index in [9.17, 15) is 15.2 Å². The molecule has 1 unspecified atom stereocenters. The van der Waals surface area contributed by atoms with Gasteiger partial charge in [0.15, 0.2) is 0 Å². The standard InChI is InChI=1S/C11H12BBrNO5/c13-4-1-5-18-8-3-2-7(15)10-9(6-14(16)17)19-12-11(8)10/h2-3,9,15H,1,4-6H2. The summed E-state index contributed by atoms with van der Waals surface area (Å²) in [4.78, 5) is 10.1. The highest BCUT2D eigenvalue weighted by Crippen LogP contribution is 2.32. The molecule has 0 aliphatic carbocycles. The maximum atomic E-state index is 10.6. The second-order valence-corrected chi connectivity index (χ2v) is 4.85. The summed E-state index contributed by atoms with van der Waals surface area (Å²) >= 11 is 3.31. The Morgan fingerprint density at radius 3 is 3.05 bits per heavy atom. The molecule has 1 heterocycles. The third kappa shape index (κ3) is 3.19. The summed E-state index contributed by atoms with van der Waals surface area (Å²) in [5, 5.41) is 21.2. The summed E-state index contributed by atoms with van der Waals surface area (Å²) in [6.07, 6.45) is 0.0826. The average molecular weight is 329 g/mol. The lowest BCUT2D eigenvalue weighted by molar-refractivity contribution is -0.490. The third-order valence-corrected chi connectivity index (χ3v) is 3.31. The molecule has 1 aromatic rings. The van der Waals surface area contributed by atoms with Gasteiger partial charge in [-0.3, -0.25) is 10.1 Å². The van der Waals surface area contributed by atoms with Crippen molar-refractivity contribution in [3.05, 3.63) is 27.8 Å². The van der Waals surface area contributed by atoms with Crippen LogP contribution in [-0.4, -0.2) is 36.0 Å². The van der Waals surface area contributed by atoms with Crippen LogP contribution in [0.4, 0.5) is 0 Å². The number of phenols is 1. The van der Waals surface area contributed by atoms with Crippen LogP contribution in [0, 0.1) is 10.1 Å². The molecule has 0 aromatic heterocycles.